The molecule has 1 amide bonds. The van der Waals surface area contributed by atoms with Gasteiger partial charge in [0.2, 0.25) is 0 Å². The number of nitrogens with zero attached hydrogens (tertiary/aromatic N) is 1. The lowest BCUT2D eigenvalue weighted by atomic mass is 9.94. The Morgan fingerprint density at radius 2 is 1.88 bits per heavy atom. The van der Waals surface area contributed by atoms with Crippen molar-refractivity contribution >= 4 is 11.7 Å². The first-order valence-electron chi connectivity index (χ1n) is 7.52. The standard InChI is InChI=1S/C17H19F4NO2/c1-16(2,3)24-15(23)22-9-7-11(8-10-22)14-12(17(19,20)21)5-4-6-13(14)18/h4-7H,8-10H2,1-3H3. The van der Waals surface area contributed by atoms with Crippen molar-refractivity contribution in [1.82, 2.24) is 4.90 Å². The molecule has 0 spiro atoms. The van der Waals surface area contributed by atoms with Crippen LogP contribution in [-0.2, 0) is 10.9 Å². The normalized spacial score (nSPS) is 16.0. The molecule has 0 N–H and O–H groups in total. The highest BCUT2D eigenvalue weighted by atomic mass is 19.4. The lowest BCUT2D eigenvalue weighted by molar-refractivity contribution is -0.138. The summed E-state index contributed by atoms with van der Waals surface area (Å²) in [4.78, 5) is 13.3. The van der Waals surface area contributed by atoms with Gasteiger partial charge in [0, 0.05) is 18.7 Å². The predicted octanol–water partition coefficient (Wildman–Crippen LogP) is 4.87. The minimum absolute atomic E-state index is 0.0792. The van der Waals surface area contributed by atoms with Gasteiger partial charge in [-0.3, -0.25) is 0 Å². The molecule has 1 aromatic carbocycles. The molecular weight excluding hydrogens is 326 g/mol. The zero-order chi connectivity index (χ0) is 18.1. The van der Waals surface area contributed by atoms with Gasteiger partial charge in [-0.05, 0) is 44.9 Å². The molecule has 0 saturated carbocycles. The summed E-state index contributed by atoms with van der Waals surface area (Å²) < 4.78 is 58.5. The van der Waals surface area contributed by atoms with E-state index in [4.69, 9.17) is 4.74 Å². The average Bonchev–Trinajstić information content (AvgIpc) is 2.44. The summed E-state index contributed by atoms with van der Waals surface area (Å²) in [5.74, 6) is -0.915. The van der Waals surface area contributed by atoms with E-state index in [2.05, 4.69) is 0 Å². The molecule has 3 nitrogen and oxygen atoms in total. The average molecular weight is 345 g/mol. The van der Waals surface area contributed by atoms with Gasteiger partial charge in [-0.1, -0.05) is 12.1 Å². The Morgan fingerprint density at radius 3 is 2.38 bits per heavy atom. The summed E-state index contributed by atoms with van der Waals surface area (Å²) in [7, 11) is 0. The molecule has 1 aromatic rings. The van der Waals surface area contributed by atoms with Gasteiger partial charge < -0.3 is 9.64 Å². The highest BCUT2D eigenvalue weighted by Gasteiger charge is 2.36. The Hall–Kier alpha value is -2.05. The summed E-state index contributed by atoms with van der Waals surface area (Å²) >= 11 is 0. The van der Waals surface area contributed by atoms with Crippen molar-refractivity contribution in [3.8, 4) is 0 Å². The number of carbonyl (C=O) groups is 1. The van der Waals surface area contributed by atoms with Crippen molar-refractivity contribution in [2.45, 2.75) is 39.0 Å². The van der Waals surface area contributed by atoms with Gasteiger partial charge in [0.1, 0.15) is 11.4 Å². The first-order chi connectivity index (χ1) is 11.0. The summed E-state index contributed by atoms with van der Waals surface area (Å²) in [5, 5.41) is 0. The minimum Gasteiger partial charge on any atom is -0.444 e. The monoisotopic (exact) mass is 345 g/mol. The molecule has 1 heterocycles. The minimum atomic E-state index is -4.64. The molecule has 1 aliphatic rings. The van der Waals surface area contributed by atoms with Gasteiger partial charge in [-0.25, -0.2) is 9.18 Å². The third-order valence-corrected chi connectivity index (χ3v) is 3.50. The molecule has 0 aromatic heterocycles. The van der Waals surface area contributed by atoms with Crippen LogP contribution in [0.1, 0.15) is 38.3 Å². The Labute approximate surface area is 137 Å². The molecule has 24 heavy (non-hydrogen) atoms. The van der Waals surface area contributed by atoms with E-state index in [1.165, 1.54) is 11.0 Å². The number of ether oxygens (including phenoxy) is 1. The van der Waals surface area contributed by atoms with E-state index < -0.39 is 34.8 Å². The quantitative estimate of drug-likeness (QED) is 0.680. The number of benzene rings is 1. The van der Waals surface area contributed by atoms with E-state index in [1.807, 2.05) is 0 Å². The van der Waals surface area contributed by atoms with Crippen molar-refractivity contribution in [3.63, 3.8) is 0 Å². The number of hydrogen-bond donors (Lipinski definition) is 0. The third-order valence-electron chi connectivity index (χ3n) is 3.50. The van der Waals surface area contributed by atoms with Crippen LogP contribution in [0.5, 0.6) is 0 Å². The van der Waals surface area contributed by atoms with E-state index >= 15 is 0 Å². The molecule has 7 heteroatoms. The fourth-order valence-electron chi connectivity index (χ4n) is 2.48. The molecule has 0 aliphatic carbocycles. The molecule has 0 atom stereocenters. The fraction of sp³-hybridized carbons (Fsp3) is 0.471. The topological polar surface area (TPSA) is 29.5 Å². The second kappa shape index (κ2) is 6.45. The van der Waals surface area contributed by atoms with E-state index in [-0.39, 0.29) is 25.1 Å². The molecule has 0 bridgehead atoms. The lowest BCUT2D eigenvalue weighted by Gasteiger charge is -2.30. The fourth-order valence-corrected chi connectivity index (χ4v) is 2.48. The lowest BCUT2D eigenvalue weighted by Crippen LogP contribution is -2.39. The SMILES string of the molecule is CC(C)(C)OC(=O)N1CC=C(c2c(F)cccc2C(F)(F)F)CC1. The van der Waals surface area contributed by atoms with Gasteiger partial charge in [0.15, 0.2) is 0 Å². The van der Waals surface area contributed by atoms with Crippen molar-refractivity contribution < 1.29 is 27.1 Å². The van der Waals surface area contributed by atoms with Crippen LogP contribution >= 0.6 is 0 Å². The summed E-state index contributed by atoms with van der Waals surface area (Å²) in [6, 6.07) is 2.91. The van der Waals surface area contributed by atoms with E-state index in [9.17, 15) is 22.4 Å². The highest BCUT2D eigenvalue weighted by Crippen LogP contribution is 2.38. The van der Waals surface area contributed by atoms with Crippen LogP contribution in [0.3, 0.4) is 0 Å². The second-order valence-electron chi connectivity index (χ2n) is 6.57. The number of carbonyl (C=O) groups excluding carboxylic acids is 1. The zero-order valence-corrected chi connectivity index (χ0v) is 13.7. The molecule has 2 rings (SSSR count). The smallest absolute Gasteiger partial charge is 0.417 e. The van der Waals surface area contributed by atoms with Crippen LogP contribution in [0.4, 0.5) is 22.4 Å². The number of hydrogen-bond acceptors (Lipinski definition) is 2. The molecule has 1 aliphatic heterocycles. The van der Waals surface area contributed by atoms with Crippen molar-refractivity contribution in [3.05, 3.63) is 41.2 Å². The van der Waals surface area contributed by atoms with Crippen molar-refractivity contribution in [2.24, 2.45) is 0 Å². The van der Waals surface area contributed by atoms with Crippen LogP contribution in [-0.4, -0.2) is 29.7 Å². The van der Waals surface area contributed by atoms with E-state index in [0.29, 0.717) is 0 Å². The van der Waals surface area contributed by atoms with Gasteiger partial charge in [0.25, 0.3) is 0 Å². The first-order valence-corrected chi connectivity index (χ1v) is 7.52. The van der Waals surface area contributed by atoms with Crippen LogP contribution in [0.2, 0.25) is 0 Å². The molecule has 0 radical (unpaired) electrons. The van der Waals surface area contributed by atoms with Gasteiger partial charge in [0.05, 0.1) is 5.56 Å². The van der Waals surface area contributed by atoms with Crippen molar-refractivity contribution in [2.75, 3.05) is 13.1 Å². The highest BCUT2D eigenvalue weighted by molar-refractivity contribution is 5.74. The van der Waals surface area contributed by atoms with E-state index in [1.54, 1.807) is 20.8 Å². The largest absolute Gasteiger partial charge is 0.444 e. The van der Waals surface area contributed by atoms with Crippen LogP contribution in [0, 0.1) is 5.82 Å². The molecule has 0 unspecified atom stereocenters. The Morgan fingerprint density at radius 1 is 1.21 bits per heavy atom. The van der Waals surface area contributed by atoms with Gasteiger partial charge in [-0.2, -0.15) is 13.2 Å². The summed E-state index contributed by atoms with van der Waals surface area (Å²) in [6.07, 6.45) is -3.60. The molecule has 132 valence electrons. The zero-order valence-electron chi connectivity index (χ0n) is 13.7. The maximum absolute atomic E-state index is 14.0. The second-order valence-corrected chi connectivity index (χ2v) is 6.57. The molecule has 0 saturated heterocycles. The predicted molar refractivity (Wildman–Crippen MR) is 81.8 cm³/mol. The van der Waals surface area contributed by atoms with Gasteiger partial charge >= 0.3 is 12.3 Å². The van der Waals surface area contributed by atoms with Gasteiger partial charge in [-0.15, -0.1) is 0 Å². The van der Waals surface area contributed by atoms with Crippen LogP contribution in [0.25, 0.3) is 5.57 Å². The van der Waals surface area contributed by atoms with E-state index in [0.717, 1.165) is 18.2 Å². The Bertz CT molecular complexity index is 660. The number of amides is 1. The third kappa shape index (κ3) is 4.27. The first kappa shape index (κ1) is 18.3. The maximum atomic E-state index is 14.0. The molecular formula is C17H19F4NO2. The number of alkyl halides is 3. The molecule has 0 fully saturated rings. The van der Waals surface area contributed by atoms with Crippen molar-refractivity contribution in [1.29, 1.82) is 0 Å². The summed E-state index contributed by atoms with van der Waals surface area (Å²) in [5.41, 5.74) is -1.84. The maximum Gasteiger partial charge on any atom is 0.417 e. The van der Waals surface area contributed by atoms with Crippen LogP contribution in [0.15, 0.2) is 24.3 Å². The number of halogens is 4. The number of rotatable bonds is 1. The summed E-state index contributed by atoms with van der Waals surface area (Å²) in [6.45, 7) is 5.43. The van der Waals surface area contributed by atoms with Crippen LogP contribution < -0.4 is 0 Å². The Balaban J connectivity index is 2.24. The Kier molecular flexibility index (Phi) is 4.92.